The minimum absolute atomic E-state index is 0.156. The summed E-state index contributed by atoms with van der Waals surface area (Å²) in [4.78, 5) is 7.07. The quantitative estimate of drug-likeness (QED) is 0.626. The number of rotatable bonds is 5. The molecule has 0 amide bonds. The van der Waals surface area contributed by atoms with Gasteiger partial charge < -0.3 is 15.5 Å². The lowest BCUT2D eigenvalue weighted by Gasteiger charge is -2.37. The summed E-state index contributed by atoms with van der Waals surface area (Å²) in [6.45, 7) is 8.39. The average Bonchev–Trinajstić information content (AvgIpc) is 2.45. The van der Waals surface area contributed by atoms with Crippen molar-refractivity contribution in [1.82, 2.24) is 9.80 Å². The second-order valence-electron chi connectivity index (χ2n) is 6.07. The van der Waals surface area contributed by atoms with E-state index >= 15 is 0 Å². The number of likely N-dealkylation sites (N-methyl/N-ethyl adjacent to an activating group) is 1. The Kier molecular flexibility index (Phi) is 5.20. The summed E-state index contributed by atoms with van der Waals surface area (Å²) in [5.41, 5.74) is 8.84. The fraction of sp³-hybridized carbons (Fsp3) is 0.562. The number of nitrogens with two attached hydrogens (primary N) is 1. The Morgan fingerprint density at radius 2 is 1.90 bits per heavy atom. The predicted octanol–water partition coefficient (Wildman–Crippen LogP) is 0.963. The van der Waals surface area contributed by atoms with Crippen LogP contribution in [0.4, 0.5) is 5.69 Å². The third-order valence-electron chi connectivity index (χ3n) is 4.02. The molecule has 3 N–H and O–H groups in total. The van der Waals surface area contributed by atoms with E-state index in [-0.39, 0.29) is 5.84 Å². The monoisotopic (exact) mass is 289 g/mol. The standard InChI is InChI=1S/C16H27N5/c1-13-4-5-15(14(12-13)16(17)18)21-10-8-20(9-11-21)7-6-19(2)3/h4-5,12H,6-11H2,1-3H3,(H3,17,18). The van der Waals surface area contributed by atoms with Crippen LogP contribution >= 0.6 is 0 Å². The Labute approximate surface area is 127 Å². The van der Waals surface area contributed by atoms with Gasteiger partial charge in [0.05, 0.1) is 0 Å². The molecule has 1 aromatic rings. The van der Waals surface area contributed by atoms with Crippen LogP contribution in [0, 0.1) is 12.3 Å². The number of amidine groups is 1. The van der Waals surface area contributed by atoms with E-state index in [1.54, 1.807) is 0 Å². The molecule has 1 saturated heterocycles. The maximum atomic E-state index is 7.78. The van der Waals surface area contributed by atoms with Crippen molar-refractivity contribution in [2.75, 3.05) is 58.3 Å². The molecule has 0 aromatic heterocycles. The Morgan fingerprint density at radius 1 is 1.24 bits per heavy atom. The molecule has 0 unspecified atom stereocenters. The van der Waals surface area contributed by atoms with Crippen LogP contribution in [0.25, 0.3) is 0 Å². The first-order valence-electron chi connectivity index (χ1n) is 7.54. The van der Waals surface area contributed by atoms with Gasteiger partial charge in [-0.25, -0.2) is 0 Å². The second kappa shape index (κ2) is 6.91. The number of nitrogens with zero attached hydrogens (tertiary/aromatic N) is 3. The molecule has 1 heterocycles. The van der Waals surface area contributed by atoms with Crippen molar-refractivity contribution in [1.29, 1.82) is 5.41 Å². The molecule has 2 rings (SSSR count). The first-order valence-corrected chi connectivity index (χ1v) is 7.54. The smallest absolute Gasteiger partial charge is 0.124 e. The van der Waals surface area contributed by atoms with Crippen LogP contribution in [0.5, 0.6) is 0 Å². The highest BCUT2D eigenvalue weighted by molar-refractivity contribution is 6.00. The van der Waals surface area contributed by atoms with Crippen molar-refractivity contribution >= 4 is 11.5 Å². The lowest BCUT2D eigenvalue weighted by Crippen LogP contribution is -2.48. The van der Waals surface area contributed by atoms with E-state index in [2.05, 4.69) is 40.9 Å². The van der Waals surface area contributed by atoms with Crippen molar-refractivity contribution in [3.8, 4) is 0 Å². The van der Waals surface area contributed by atoms with Crippen molar-refractivity contribution < 1.29 is 0 Å². The Bertz CT molecular complexity index is 489. The van der Waals surface area contributed by atoms with Crippen molar-refractivity contribution in [3.63, 3.8) is 0 Å². The first kappa shape index (κ1) is 15.8. The Hall–Kier alpha value is -1.59. The summed E-state index contributed by atoms with van der Waals surface area (Å²) in [6, 6.07) is 6.21. The summed E-state index contributed by atoms with van der Waals surface area (Å²) >= 11 is 0. The molecule has 0 saturated carbocycles. The van der Waals surface area contributed by atoms with E-state index in [1.807, 2.05) is 13.0 Å². The number of hydrogen-bond donors (Lipinski definition) is 2. The number of aryl methyl sites for hydroxylation is 1. The van der Waals surface area contributed by atoms with Gasteiger partial charge in [0.2, 0.25) is 0 Å². The maximum Gasteiger partial charge on any atom is 0.124 e. The molecule has 0 radical (unpaired) electrons. The third-order valence-corrected chi connectivity index (χ3v) is 4.02. The highest BCUT2D eigenvalue weighted by Gasteiger charge is 2.19. The molecule has 1 aromatic carbocycles. The van der Waals surface area contributed by atoms with Crippen LogP contribution in [0.15, 0.2) is 18.2 Å². The number of piperazine rings is 1. The van der Waals surface area contributed by atoms with Gasteiger partial charge in [0.1, 0.15) is 5.84 Å². The fourth-order valence-electron chi connectivity index (χ4n) is 2.70. The van der Waals surface area contributed by atoms with E-state index in [0.29, 0.717) is 0 Å². The molecule has 21 heavy (non-hydrogen) atoms. The molecular formula is C16H27N5. The van der Waals surface area contributed by atoms with E-state index in [9.17, 15) is 0 Å². The summed E-state index contributed by atoms with van der Waals surface area (Å²) in [5, 5.41) is 7.78. The van der Waals surface area contributed by atoms with Gasteiger partial charge in [-0.3, -0.25) is 10.3 Å². The van der Waals surface area contributed by atoms with Crippen LogP contribution in [0.1, 0.15) is 11.1 Å². The minimum Gasteiger partial charge on any atom is -0.384 e. The van der Waals surface area contributed by atoms with Crippen LogP contribution in [-0.4, -0.2) is 69.0 Å². The highest BCUT2D eigenvalue weighted by Crippen LogP contribution is 2.23. The Balaban J connectivity index is 2.01. The van der Waals surface area contributed by atoms with Gasteiger partial charge in [0.15, 0.2) is 0 Å². The minimum atomic E-state index is 0.156. The summed E-state index contributed by atoms with van der Waals surface area (Å²) in [6.07, 6.45) is 0. The van der Waals surface area contributed by atoms with Gasteiger partial charge in [-0.2, -0.15) is 0 Å². The maximum absolute atomic E-state index is 7.78. The lowest BCUT2D eigenvalue weighted by molar-refractivity contribution is 0.229. The summed E-state index contributed by atoms with van der Waals surface area (Å²) in [7, 11) is 4.23. The van der Waals surface area contributed by atoms with Gasteiger partial charge in [0, 0.05) is 50.5 Å². The van der Waals surface area contributed by atoms with Gasteiger partial charge >= 0.3 is 0 Å². The van der Waals surface area contributed by atoms with E-state index in [0.717, 1.165) is 56.1 Å². The third kappa shape index (κ3) is 4.19. The molecule has 0 bridgehead atoms. The van der Waals surface area contributed by atoms with Gasteiger partial charge in [-0.1, -0.05) is 11.6 Å². The number of nitrogen functional groups attached to an aromatic ring is 1. The molecule has 0 spiro atoms. The molecule has 1 aliphatic rings. The zero-order valence-corrected chi connectivity index (χ0v) is 13.4. The summed E-state index contributed by atoms with van der Waals surface area (Å²) < 4.78 is 0. The van der Waals surface area contributed by atoms with E-state index < -0.39 is 0 Å². The van der Waals surface area contributed by atoms with Gasteiger partial charge in [-0.15, -0.1) is 0 Å². The van der Waals surface area contributed by atoms with Crippen LogP contribution < -0.4 is 10.6 Å². The number of anilines is 1. The summed E-state index contributed by atoms with van der Waals surface area (Å²) in [5.74, 6) is 0.156. The average molecular weight is 289 g/mol. The van der Waals surface area contributed by atoms with E-state index in [1.165, 1.54) is 0 Å². The Morgan fingerprint density at radius 3 is 2.48 bits per heavy atom. The van der Waals surface area contributed by atoms with Gasteiger partial charge in [0.25, 0.3) is 0 Å². The predicted molar refractivity (Wildman–Crippen MR) is 89.4 cm³/mol. The topological polar surface area (TPSA) is 59.6 Å². The zero-order chi connectivity index (χ0) is 15.4. The fourth-order valence-corrected chi connectivity index (χ4v) is 2.70. The molecule has 1 fully saturated rings. The molecule has 5 nitrogen and oxygen atoms in total. The van der Waals surface area contributed by atoms with Crippen LogP contribution in [-0.2, 0) is 0 Å². The molecule has 5 heteroatoms. The second-order valence-corrected chi connectivity index (χ2v) is 6.07. The lowest BCUT2D eigenvalue weighted by atomic mass is 10.1. The molecule has 1 aliphatic heterocycles. The molecule has 0 atom stereocenters. The van der Waals surface area contributed by atoms with Gasteiger partial charge in [-0.05, 0) is 33.2 Å². The number of benzene rings is 1. The van der Waals surface area contributed by atoms with E-state index in [4.69, 9.17) is 11.1 Å². The molecular weight excluding hydrogens is 262 g/mol. The van der Waals surface area contributed by atoms with Crippen molar-refractivity contribution in [3.05, 3.63) is 29.3 Å². The van der Waals surface area contributed by atoms with Crippen molar-refractivity contribution in [2.24, 2.45) is 5.73 Å². The highest BCUT2D eigenvalue weighted by atomic mass is 15.3. The number of hydrogen-bond acceptors (Lipinski definition) is 4. The SMILES string of the molecule is Cc1ccc(N2CCN(CCN(C)C)CC2)c(C(=N)N)c1. The number of nitrogens with one attached hydrogen (secondary N) is 1. The molecule has 0 aliphatic carbocycles. The largest absolute Gasteiger partial charge is 0.384 e. The molecule has 116 valence electrons. The zero-order valence-electron chi connectivity index (χ0n) is 13.4. The first-order chi connectivity index (χ1) is 9.97. The van der Waals surface area contributed by atoms with Crippen molar-refractivity contribution in [2.45, 2.75) is 6.92 Å². The van der Waals surface area contributed by atoms with Crippen LogP contribution in [0.3, 0.4) is 0 Å². The normalized spacial score (nSPS) is 16.5. The van der Waals surface area contributed by atoms with Crippen LogP contribution in [0.2, 0.25) is 0 Å².